The van der Waals surface area contributed by atoms with Crippen molar-refractivity contribution in [1.29, 1.82) is 0 Å². The number of benzene rings is 2. The highest BCUT2D eigenvalue weighted by atomic mass is 19.2. The van der Waals surface area contributed by atoms with Crippen molar-refractivity contribution < 1.29 is 27.4 Å². The molecule has 0 saturated carbocycles. The first-order valence-electron chi connectivity index (χ1n) is 6.14. The van der Waals surface area contributed by atoms with Gasteiger partial charge in [-0.15, -0.1) is 0 Å². The minimum atomic E-state index is -1.68. The van der Waals surface area contributed by atoms with E-state index in [1.807, 2.05) is 0 Å². The molecule has 0 radical (unpaired) electrons. The van der Waals surface area contributed by atoms with Gasteiger partial charge in [-0.05, 0) is 12.5 Å². The number of aliphatic hydroxyl groups is 1. The quantitative estimate of drug-likeness (QED) is 0.686. The fourth-order valence-electron chi connectivity index (χ4n) is 1.85. The molecule has 0 aromatic heterocycles. The van der Waals surface area contributed by atoms with Crippen LogP contribution in [0.4, 0.5) is 17.6 Å². The molecule has 0 saturated heterocycles. The van der Waals surface area contributed by atoms with E-state index in [-0.39, 0.29) is 6.61 Å². The van der Waals surface area contributed by atoms with E-state index in [1.165, 1.54) is 0 Å². The number of halogens is 4. The van der Waals surface area contributed by atoms with Gasteiger partial charge in [-0.25, -0.2) is 8.78 Å². The number of aliphatic hydroxyl groups excluding tert-OH is 1. The van der Waals surface area contributed by atoms with Gasteiger partial charge in [-0.1, -0.05) is 30.3 Å². The molecule has 1 N–H and O–H groups in total. The molecule has 0 heterocycles. The van der Waals surface area contributed by atoms with Crippen molar-refractivity contribution in [3.05, 3.63) is 64.7 Å². The minimum absolute atomic E-state index is 0.248. The molecule has 2 rings (SSSR count). The molecule has 0 fully saturated rings. The third-order valence-electron chi connectivity index (χ3n) is 2.90. The van der Waals surface area contributed by atoms with E-state index < -0.39 is 40.7 Å². The van der Waals surface area contributed by atoms with Crippen LogP contribution in [0.15, 0.2) is 30.3 Å². The summed E-state index contributed by atoms with van der Waals surface area (Å²) in [6.45, 7) is 0.756. The maximum atomic E-state index is 13.7. The molecule has 1 unspecified atom stereocenters. The Morgan fingerprint density at radius 2 is 1.48 bits per heavy atom. The molecule has 2 aromatic carbocycles. The van der Waals surface area contributed by atoms with E-state index in [0.29, 0.717) is 5.56 Å². The number of hydrogen-bond acceptors (Lipinski definition) is 2. The van der Waals surface area contributed by atoms with E-state index in [4.69, 9.17) is 4.74 Å². The van der Waals surface area contributed by atoms with Gasteiger partial charge in [0.25, 0.3) is 0 Å². The Bertz CT molecular complexity index is 613. The van der Waals surface area contributed by atoms with Gasteiger partial charge in [0.1, 0.15) is 6.61 Å². The van der Waals surface area contributed by atoms with Gasteiger partial charge < -0.3 is 9.84 Å². The Balaban J connectivity index is 2.37. The van der Waals surface area contributed by atoms with Crippen LogP contribution in [0.3, 0.4) is 0 Å². The monoisotopic (exact) mass is 300 g/mol. The summed E-state index contributed by atoms with van der Waals surface area (Å²) in [5, 5.41) is 9.18. The van der Waals surface area contributed by atoms with Crippen molar-refractivity contribution in [2.45, 2.75) is 19.6 Å². The molecule has 1 atom stereocenters. The molecule has 0 aliphatic rings. The van der Waals surface area contributed by atoms with E-state index >= 15 is 0 Å². The molecule has 0 aliphatic heterocycles. The average Bonchev–Trinajstić information content (AvgIpc) is 2.46. The van der Waals surface area contributed by atoms with Gasteiger partial charge in [0.05, 0.1) is 11.7 Å². The van der Waals surface area contributed by atoms with Crippen molar-refractivity contribution in [3.63, 3.8) is 0 Å². The van der Waals surface area contributed by atoms with Gasteiger partial charge in [0.15, 0.2) is 17.4 Å². The first-order valence-corrected chi connectivity index (χ1v) is 6.14. The zero-order valence-electron chi connectivity index (χ0n) is 11.0. The standard InChI is InChI=1S/C15H12F4O2/c1-8(20)10-11(16)13(18)15(14(19)12(10)17)21-7-9-5-3-2-4-6-9/h2-6,8,20H,7H2,1H3. The van der Waals surface area contributed by atoms with Crippen LogP contribution in [-0.2, 0) is 6.61 Å². The smallest absolute Gasteiger partial charge is 0.204 e. The zero-order valence-corrected chi connectivity index (χ0v) is 11.0. The number of hydrogen-bond donors (Lipinski definition) is 1. The lowest BCUT2D eigenvalue weighted by atomic mass is 10.1. The Labute approximate surface area is 118 Å². The van der Waals surface area contributed by atoms with Crippen LogP contribution in [0.5, 0.6) is 5.75 Å². The Hall–Kier alpha value is -2.08. The predicted molar refractivity (Wildman–Crippen MR) is 67.7 cm³/mol. The summed E-state index contributed by atoms with van der Waals surface area (Å²) in [5.74, 6) is -7.79. The summed E-state index contributed by atoms with van der Waals surface area (Å²) < 4.78 is 59.7. The fourth-order valence-corrected chi connectivity index (χ4v) is 1.85. The first-order chi connectivity index (χ1) is 9.93. The van der Waals surface area contributed by atoms with Gasteiger partial charge >= 0.3 is 0 Å². The zero-order chi connectivity index (χ0) is 15.6. The van der Waals surface area contributed by atoms with Gasteiger partial charge in [-0.2, -0.15) is 8.78 Å². The second-order valence-corrected chi connectivity index (χ2v) is 4.45. The summed E-state index contributed by atoms with van der Waals surface area (Å²) in [7, 11) is 0. The van der Waals surface area contributed by atoms with E-state index in [0.717, 1.165) is 6.92 Å². The van der Waals surface area contributed by atoms with Crippen LogP contribution in [0, 0.1) is 23.3 Å². The van der Waals surface area contributed by atoms with Crippen LogP contribution in [0.1, 0.15) is 24.2 Å². The molecule has 0 bridgehead atoms. The molecular formula is C15H12F4O2. The summed E-state index contributed by atoms with van der Waals surface area (Å²) in [6, 6.07) is 8.37. The van der Waals surface area contributed by atoms with Crippen molar-refractivity contribution in [2.75, 3.05) is 0 Å². The number of rotatable bonds is 4. The predicted octanol–water partition coefficient (Wildman–Crippen LogP) is 3.88. The summed E-state index contributed by atoms with van der Waals surface area (Å²) in [4.78, 5) is 0. The lowest BCUT2D eigenvalue weighted by molar-refractivity contribution is 0.181. The third kappa shape index (κ3) is 3.00. The van der Waals surface area contributed by atoms with Crippen LogP contribution in [0.25, 0.3) is 0 Å². The molecule has 21 heavy (non-hydrogen) atoms. The topological polar surface area (TPSA) is 29.5 Å². The van der Waals surface area contributed by atoms with Crippen molar-refractivity contribution in [3.8, 4) is 5.75 Å². The maximum Gasteiger partial charge on any atom is 0.204 e. The van der Waals surface area contributed by atoms with Crippen molar-refractivity contribution in [1.82, 2.24) is 0 Å². The second-order valence-electron chi connectivity index (χ2n) is 4.45. The Morgan fingerprint density at radius 3 is 1.95 bits per heavy atom. The van der Waals surface area contributed by atoms with Crippen LogP contribution in [0.2, 0.25) is 0 Å². The highest BCUT2D eigenvalue weighted by molar-refractivity contribution is 5.35. The molecule has 6 heteroatoms. The van der Waals surface area contributed by atoms with Gasteiger partial charge in [0, 0.05) is 0 Å². The van der Waals surface area contributed by atoms with Crippen LogP contribution < -0.4 is 4.74 Å². The van der Waals surface area contributed by atoms with Crippen molar-refractivity contribution in [2.24, 2.45) is 0 Å². The molecular weight excluding hydrogens is 288 g/mol. The summed E-state index contributed by atoms with van der Waals surface area (Å²) >= 11 is 0. The number of ether oxygens (including phenoxy) is 1. The highest BCUT2D eigenvalue weighted by Crippen LogP contribution is 2.33. The molecule has 0 spiro atoms. The van der Waals surface area contributed by atoms with E-state index in [9.17, 15) is 22.7 Å². The second kappa shape index (κ2) is 6.13. The lowest BCUT2D eigenvalue weighted by Crippen LogP contribution is -2.10. The normalized spacial score (nSPS) is 12.3. The molecule has 0 amide bonds. The maximum absolute atomic E-state index is 13.7. The average molecular weight is 300 g/mol. The first kappa shape index (κ1) is 15.3. The lowest BCUT2D eigenvalue weighted by Gasteiger charge is -2.14. The van der Waals surface area contributed by atoms with Crippen LogP contribution >= 0.6 is 0 Å². The third-order valence-corrected chi connectivity index (χ3v) is 2.90. The molecule has 0 aliphatic carbocycles. The summed E-state index contributed by atoms with van der Waals surface area (Å²) in [5.41, 5.74) is -0.478. The van der Waals surface area contributed by atoms with Gasteiger partial charge in [-0.3, -0.25) is 0 Å². The Kier molecular flexibility index (Phi) is 4.47. The van der Waals surface area contributed by atoms with E-state index in [1.54, 1.807) is 30.3 Å². The molecule has 112 valence electrons. The minimum Gasteiger partial charge on any atom is -0.483 e. The Morgan fingerprint density at radius 1 is 0.952 bits per heavy atom. The molecule has 2 aromatic rings. The molecule has 2 nitrogen and oxygen atoms in total. The van der Waals surface area contributed by atoms with E-state index in [2.05, 4.69) is 0 Å². The van der Waals surface area contributed by atoms with Crippen LogP contribution in [-0.4, -0.2) is 5.11 Å². The fraction of sp³-hybridized carbons (Fsp3) is 0.200. The van der Waals surface area contributed by atoms with Gasteiger partial charge in [0.2, 0.25) is 11.6 Å². The SMILES string of the molecule is CC(O)c1c(F)c(F)c(OCc2ccccc2)c(F)c1F. The highest BCUT2D eigenvalue weighted by Gasteiger charge is 2.28. The largest absolute Gasteiger partial charge is 0.483 e. The summed E-state index contributed by atoms with van der Waals surface area (Å²) in [6.07, 6.45) is -1.68. The van der Waals surface area contributed by atoms with Crippen molar-refractivity contribution >= 4 is 0 Å².